The van der Waals surface area contributed by atoms with E-state index in [4.69, 9.17) is 0 Å². The number of carbonyl (C=O) groups is 1. The summed E-state index contributed by atoms with van der Waals surface area (Å²) < 4.78 is 24.9. The van der Waals surface area contributed by atoms with Gasteiger partial charge in [-0.2, -0.15) is 0 Å². The second-order valence-electron chi connectivity index (χ2n) is 6.95. The van der Waals surface area contributed by atoms with Crippen LogP contribution in [0.3, 0.4) is 0 Å². The van der Waals surface area contributed by atoms with Gasteiger partial charge in [0.25, 0.3) is 0 Å². The van der Waals surface area contributed by atoms with Gasteiger partial charge in [-0.25, -0.2) is 18.1 Å². The highest BCUT2D eigenvalue weighted by Gasteiger charge is 2.21. The normalized spacial score (nSPS) is 12.3. The van der Waals surface area contributed by atoms with Crippen molar-refractivity contribution in [3.8, 4) is 11.1 Å². The van der Waals surface area contributed by atoms with Gasteiger partial charge < -0.3 is 10.4 Å². The molecule has 30 heavy (non-hydrogen) atoms. The van der Waals surface area contributed by atoms with Crippen molar-refractivity contribution in [1.29, 1.82) is 0 Å². The summed E-state index contributed by atoms with van der Waals surface area (Å²) >= 11 is 0. The van der Waals surface area contributed by atoms with Crippen LogP contribution in [0.4, 0.5) is 5.82 Å². The van der Waals surface area contributed by atoms with E-state index in [0.29, 0.717) is 6.54 Å². The van der Waals surface area contributed by atoms with Crippen LogP contribution in [0.25, 0.3) is 11.1 Å². The molecule has 0 spiro atoms. The minimum Gasteiger partial charge on any atom is -0.480 e. The van der Waals surface area contributed by atoms with Gasteiger partial charge in [0.2, 0.25) is 10.0 Å². The molecule has 156 valence electrons. The monoisotopic (exact) mass is 425 g/mol. The number of aliphatic carboxylic acids is 1. The molecule has 7 nitrogen and oxygen atoms in total. The van der Waals surface area contributed by atoms with Crippen LogP contribution < -0.4 is 10.0 Å². The molecule has 0 saturated heterocycles. The Morgan fingerprint density at radius 3 is 2.40 bits per heavy atom. The standard InChI is InChI=1S/C22H23N3O4S/c1-30(28,29)25-20(22(26)27)14-16-8-10-18(11-9-16)19-6-4-5-17(13-19)15-24-21-7-2-3-12-23-21/h2-13,20,25H,14-15H2,1H3,(H,23,24)(H,26,27). The maximum absolute atomic E-state index is 11.4. The molecule has 2 aromatic carbocycles. The van der Waals surface area contributed by atoms with Crippen LogP contribution in [0.1, 0.15) is 11.1 Å². The SMILES string of the molecule is CS(=O)(=O)NC(Cc1ccc(-c2cccc(CNc3ccccn3)c2)cc1)C(=O)O. The lowest BCUT2D eigenvalue weighted by molar-refractivity contribution is -0.138. The van der Waals surface area contributed by atoms with Gasteiger partial charge in [-0.1, -0.05) is 48.5 Å². The van der Waals surface area contributed by atoms with Crippen molar-refractivity contribution in [3.05, 3.63) is 84.1 Å². The summed E-state index contributed by atoms with van der Waals surface area (Å²) in [5.74, 6) is -0.402. The number of nitrogens with one attached hydrogen (secondary N) is 2. The van der Waals surface area contributed by atoms with Crippen molar-refractivity contribution in [2.45, 2.75) is 19.0 Å². The largest absolute Gasteiger partial charge is 0.480 e. The van der Waals surface area contributed by atoms with Crippen LogP contribution in [0.5, 0.6) is 0 Å². The lowest BCUT2D eigenvalue weighted by atomic mass is 9.99. The number of anilines is 1. The van der Waals surface area contributed by atoms with E-state index in [1.165, 1.54) is 0 Å². The first-order chi connectivity index (χ1) is 14.3. The van der Waals surface area contributed by atoms with E-state index in [1.54, 1.807) is 6.20 Å². The minimum atomic E-state index is -3.61. The lowest BCUT2D eigenvalue weighted by Gasteiger charge is -2.13. The number of carboxylic acids is 1. The highest BCUT2D eigenvalue weighted by molar-refractivity contribution is 7.88. The second kappa shape index (κ2) is 9.51. The van der Waals surface area contributed by atoms with Gasteiger partial charge in [-0.15, -0.1) is 0 Å². The summed E-state index contributed by atoms with van der Waals surface area (Å²) in [6.07, 6.45) is 2.75. The molecule has 3 aromatic rings. The molecule has 1 heterocycles. The van der Waals surface area contributed by atoms with Gasteiger partial charge in [0, 0.05) is 12.7 Å². The Morgan fingerprint density at radius 2 is 1.77 bits per heavy atom. The first-order valence-corrected chi connectivity index (χ1v) is 11.2. The van der Waals surface area contributed by atoms with E-state index in [2.05, 4.69) is 21.1 Å². The predicted octanol–water partition coefficient (Wildman–Crippen LogP) is 2.91. The maximum atomic E-state index is 11.4. The maximum Gasteiger partial charge on any atom is 0.322 e. The lowest BCUT2D eigenvalue weighted by Crippen LogP contribution is -2.41. The molecule has 3 rings (SSSR count). The fourth-order valence-electron chi connectivity index (χ4n) is 3.03. The quantitative estimate of drug-likeness (QED) is 0.486. The van der Waals surface area contributed by atoms with Crippen LogP contribution in [0, 0.1) is 0 Å². The Kier molecular flexibility index (Phi) is 6.81. The average Bonchev–Trinajstić information content (AvgIpc) is 2.72. The zero-order valence-corrected chi connectivity index (χ0v) is 17.3. The van der Waals surface area contributed by atoms with Crippen molar-refractivity contribution in [2.24, 2.45) is 0 Å². The average molecular weight is 426 g/mol. The van der Waals surface area contributed by atoms with Crippen LogP contribution in [0.15, 0.2) is 72.9 Å². The summed E-state index contributed by atoms with van der Waals surface area (Å²) in [6, 6.07) is 20.0. The van der Waals surface area contributed by atoms with E-state index in [9.17, 15) is 18.3 Å². The van der Waals surface area contributed by atoms with Crippen molar-refractivity contribution in [1.82, 2.24) is 9.71 Å². The smallest absolute Gasteiger partial charge is 0.322 e. The number of hydrogen-bond acceptors (Lipinski definition) is 5. The number of pyridine rings is 1. The van der Waals surface area contributed by atoms with Gasteiger partial charge in [0.05, 0.1) is 6.26 Å². The molecule has 0 aliphatic rings. The molecule has 0 aliphatic heterocycles. The Hall–Kier alpha value is -3.23. The summed E-state index contributed by atoms with van der Waals surface area (Å²) in [6.45, 7) is 0.639. The van der Waals surface area contributed by atoms with E-state index in [0.717, 1.165) is 34.3 Å². The molecule has 0 saturated carbocycles. The van der Waals surface area contributed by atoms with Gasteiger partial charge in [0.1, 0.15) is 11.9 Å². The number of benzene rings is 2. The highest BCUT2D eigenvalue weighted by atomic mass is 32.2. The molecule has 3 N–H and O–H groups in total. The fraction of sp³-hybridized carbons (Fsp3) is 0.182. The molecule has 0 radical (unpaired) electrons. The topological polar surface area (TPSA) is 108 Å². The number of aromatic nitrogens is 1. The summed E-state index contributed by atoms with van der Waals surface area (Å²) in [7, 11) is -3.61. The van der Waals surface area contributed by atoms with E-state index in [1.807, 2.05) is 60.7 Å². The number of carboxylic acid groups (broad SMARTS) is 1. The third kappa shape index (κ3) is 6.40. The Bertz CT molecular complexity index is 1100. The van der Waals surface area contributed by atoms with Gasteiger partial charge >= 0.3 is 5.97 Å². The molecule has 8 heteroatoms. The molecular formula is C22H23N3O4S. The Labute approximate surface area is 175 Å². The van der Waals surface area contributed by atoms with E-state index in [-0.39, 0.29) is 6.42 Å². The van der Waals surface area contributed by atoms with Crippen LogP contribution in [-0.4, -0.2) is 36.8 Å². The van der Waals surface area contributed by atoms with Crippen LogP contribution in [-0.2, 0) is 27.8 Å². The number of nitrogens with zero attached hydrogens (tertiary/aromatic N) is 1. The van der Waals surface area contributed by atoms with E-state index >= 15 is 0 Å². The molecule has 0 aliphatic carbocycles. The molecule has 0 fully saturated rings. The first kappa shape index (κ1) is 21.5. The van der Waals surface area contributed by atoms with Crippen molar-refractivity contribution < 1.29 is 18.3 Å². The van der Waals surface area contributed by atoms with Crippen molar-refractivity contribution in [2.75, 3.05) is 11.6 Å². The summed E-state index contributed by atoms with van der Waals surface area (Å²) in [5, 5.41) is 12.5. The van der Waals surface area contributed by atoms with Gasteiger partial charge in [-0.3, -0.25) is 4.79 Å². The first-order valence-electron chi connectivity index (χ1n) is 9.33. The van der Waals surface area contributed by atoms with Gasteiger partial charge in [-0.05, 0) is 46.9 Å². The summed E-state index contributed by atoms with van der Waals surface area (Å²) in [5.41, 5.74) is 3.85. The molecule has 0 bridgehead atoms. The van der Waals surface area contributed by atoms with Crippen molar-refractivity contribution >= 4 is 21.8 Å². The molecular weight excluding hydrogens is 402 g/mol. The minimum absolute atomic E-state index is 0.0662. The van der Waals surface area contributed by atoms with Crippen LogP contribution >= 0.6 is 0 Å². The zero-order chi connectivity index (χ0) is 21.6. The second-order valence-corrected chi connectivity index (χ2v) is 8.73. The molecule has 1 aromatic heterocycles. The van der Waals surface area contributed by atoms with Crippen LogP contribution in [0.2, 0.25) is 0 Å². The third-order valence-electron chi connectivity index (χ3n) is 4.45. The predicted molar refractivity (Wildman–Crippen MR) is 117 cm³/mol. The number of rotatable bonds is 9. The Balaban J connectivity index is 1.69. The highest BCUT2D eigenvalue weighted by Crippen LogP contribution is 2.22. The molecule has 0 amide bonds. The van der Waals surface area contributed by atoms with Gasteiger partial charge in [0.15, 0.2) is 0 Å². The number of sulfonamides is 1. The molecule has 1 atom stereocenters. The number of hydrogen-bond donors (Lipinski definition) is 3. The van der Waals surface area contributed by atoms with Crippen molar-refractivity contribution in [3.63, 3.8) is 0 Å². The molecule has 1 unspecified atom stereocenters. The fourth-order valence-corrected chi connectivity index (χ4v) is 3.73. The third-order valence-corrected chi connectivity index (χ3v) is 5.16. The Morgan fingerprint density at radius 1 is 1.00 bits per heavy atom. The van der Waals surface area contributed by atoms with E-state index < -0.39 is 22.0 Å². The zero-order valence-electron chi connectivity index (χ0n) is 16.4. The summed E-state index contributed by atoms with van der Waals surface area (Å²) in [4.78, 5) is 15.6.